The third-order valence-electron chi connectivity index (χ3n) is 7.01. The molecule has 3 heteroatoms. The van der Waals surface area contributed by atoms with E-state index in [9.17, 15) is 0 Å². The third kappa shape index (κ3) is 6.70. The van der Waals surface area contributed by atoms with E-state index in [1.165, 1.54) is 55.1 Å². The molecular formula is C28H41NO2. The van der Waals surface area contributed by atoms with Crippen LogP contribution >= 0.6 is 0 Å². The van der Waals surface area contributed by atoms with Crippen molar-refractivity contribution in [1.82, 2.24) is 4.90 Å². The maximum atomic E-state index is 6.37. The molecule has 170 valence electrons. The molecule has 1 aliphatic heterocycles. The molecule has 0 N–H and O–H groups in total. The fourth-order valence-corrected chi connectivity index (χ4v) is 4.90. The average molecular weight is 424 g/mol. The Morgan fingerprint density at radius 2 is 1.55 bits per heavy atom. The molecule has 1 saturated heterocycles. The Morgan fingerprint density at radius 3 is 2.26 bits per heavy atom. The van der Waals surface area contributed by atoms with Gasteiger partial charge in [0, 0.05) is 6.54 Å². The summed E-state index contributed by atoms with van der Waals surface area (Å²) in [4.78, 5) is 2.60. The number of likely N-dealkylation sites (tertiary alicyclic amines) is 1. The van der Waals surface area contributed by atoms with Gasteiger partial charge in [-0.25, -0.2) is 0 Å². The summed E-state index contributed by atoms with van der Waals surface area (Å²) < 4.78 is 12.4. The molecule has 3 nitrogen and oxygen atoms in total. The van der Waals surface area contributed by atoms with Gasteiger partial charge < -0.3 is 9.47 Å². The summed E-state index contributed by atoms with van der Waals surface area (Å²) in [5.41, 5.74) is 1.39. The molecule has 1 heterocycles. The van der Waals surface area contributed by atoms with Crippen LogP contribution in [0, 0.1) is 11.8 Å². The molecule has 0 bridgehead atoms. The molecule has 0 aromatic heterocycles. The monoisotopic (exact) mass is 423 g/mol. The average Bonchev–Trinajstić information content (AvgIpc) is 2.74. The first kappa shape index (κ1) is 22.6. The molecular weight excluding hydrogens is 382 g/mol. The van der Waals surface area contributed by atoms with Crippen molar-refractivity contribution < 1.29 is 9.47 Å². The van der Waals surface area contributed by atoms with E-state index in [1.807, 2.05) is 0 Å². The minimum absolute atomic E-state index is 0.0370. The second kappa shape index (κ2) is 9.92. The molecule has 2 aliphatic rings. The Kier molecular flexibility index (Phi) is 7.23. The first-order chi connectivity index (χ1) is 14.8. The number of fused-ring (bicyclic) bond motifs is 1. The van der Waals surface area contributed by atoms with Crippen LogP contribution in [-0.4, -0.2) is 36.3 Å². The standard InChI is InChI=1S/C28H41NO2/c1-21-13-15-29(16-14-21)19-23-5-8-25-18-27(12-9-24(25)17-23)31-26-10-6-22(7-11-26)20-30-28(2,3)4/h5,8-9,12,17-18,21-22,26H,6-7,10-11,13-16,19-20H2,1-4H3. The first-order valence-electron chi connectivity index (χ1n) is 12.4. The van der Waals surface area contributed by atoms with Gasteiger partial charge in [0.05, 0.1) is 18.3 Å². The number of piperidine rings is 1. The van der Waals surface area contributed by atoms with E-state index < -0.39 is 0 Å². The van der Waals surface area contributed by atoms with Crippen molar-refractivity contribution in [3.8, 4) is 5.75 Å². The van der Waals surface area contributed by atoms with Gasteiger partial charge in [-0.3, -0.25) is 4.90 Å². The van der Waals surface area contributed by atoms with Crippen molar-refractivity contribution >= 4 is 10.8 Å². The van der Waals surface area contributed by atoms with E-state index in [-0.39, 0.29) is 5.60 Å². The zero-order chi connectivity index (χ0) is 21.8. The van der Waals surface area contributed by atoms with Crippen LogP contribution < -0.4 is 4.74 Å². The van der Waals surface area contributed by atoms with Crippen LogP contribution in [-0.2, 0) is 11.3 Å². The highest BCUT2D eigenvalue weighted by atomic mass is 16.5. The van der Waals surface area contributed by atoms with Crippen LogP contribution in [0.15, 0.2) is 36.4 Å². The Bertz CT molecular complexity index is 840. The maximum absolute atomic E-state index is 6.37. The lowest BCUT2D eigenvalue weighted by molar-refractivity contribution is -0.0332. The van der Waals surface area contributed by atoms with Gasteiger partial charge >= 0.3 is 0 Å². The maximum Gasteiger partial charge on any atom is 0.120 e. The van der Waals surface area contributed by atoms with Crippen LogP contribution in [0.4, 0.5) is 0 Å². The highest BCUT2D eigenvalue weighted by Gasteiger charge is 2.24. The van der Waals surface area contributed by atoms with E-state index >= 15 is 0 Å². The minimum atomic E-state index is -0.0370. The molecule has 2 aromatic rings. The van der Waals surface area contributed by atoms with Crippen molar-refractivity contribution in [2.24, 2.45) is 11.8 Å². The summed E-state index contributed by atoms with van der Waals surface area (Å²) in [5, 5.41) is 2.60. The Morgan fingerprint density at radius 1 is 0.871 bits per heavy atom. The summed E-state index contributed by atoms with van der Waals surface area (Å²) >= 11 is 0. The predicted molar refractivity (Wildman–Crippen MR) is 130 cm³/mol. The molecule has 0 amide bonds. The molecule has 0 radical (unpaired) electrons. The fraction of sp³-hybridized carbons (Fsp3) is 0.643. The molecule has 2 aromatic carbocycles. The normalized spacial score (nSPS) is 23.9. The Labute approximate surface area is 189 Å². The molecule has 31 heavy (non-hydrogen) atoms. The van der Waals surface area contributed by atoms with Gasteiger partial charge in [-0.05, 0) is 119 Å². The van der Waals surface area contributed by atoms with E-state index in [0.29, 0.717) is 12.0 Å². The van der Waals surface area contributed by atoms with Crippen molar-refractivity contribution in [3.05, 3.63) is 42.0 Å². The fourth-order valence-electron chi connectivity index (χ4n) is 4.90. The highest BCUT2D eigenvalue weighted by Crippen LogP contribution is 2.30. The zero-order valence-electron chi connectivity index (χ0n) is 20.0. The number of nitrogens with zero attached hydrogens (tertiary/aromatic N) is 1. The second-order valence-corrected chi connectivity index (χ2v) is 11.0. The number of ether oxygens (including phenoxy) is 2. The summed E-state index contributed by atoms with van der Waals surface area (Å²) in [7, 11) is 0. The van der Waals surface area contributed by atoms with E-state index in [2.05, 4.69) is 69.0 Å². The van der Waals surface area contributed by atoms with Gasteiger partial charge in [0.25, 0.3) is 0 Å². The van der Waals surface area contributed by atoms with Crippen molar-refractivity contribution in [1.29, 1.82) is 0 Å². The number of benzene rings is 2. The van der Waals surface area contributed by atoms with Crippen molar-refractivity contribution in [2.45, 2.75) is 84.5 Å². The second-order valence-electron chi connectivity index (χ2n) is 11.0. The Balaban J connectivity index is 1.29. The zero-order valence-corrected chi connectivity index (χ0v) is 20.0. The quantitative estimate of drug-likeness (QED) is 0.508. The summed E-state index contributed by atoms with van der Waals surface area (Å²) in [6.07, 6.45) is 7.66. The topological polar surface area (TPSA) is 21.7 Å². The van der Waals surface area contributed by atoms with Gasteiger partial charge in [-0.1, -0.05) is 25.1 Å². The lowest BCUT2D eigenvalue weighted by atomic mass is 9.88. The SMILES string of the molecule is CC1CCN(Cc2ccc3cc(OC4CCC(COC(C)(C)C)CC4)ccc3c2)CC1. The summed E-state index contributed by atoms with van der Waals surface area (Å²) in [6, 6.07) is 13.5. The van der Waals surface area contributed by atoms with Crippen LogP contribution in [0.3, 0.4) is 0 Å². The molecule has 4 rings (SSSR count). The molecule has 1 aliphatic carbocycles. The number of hydrogen-bond donors (Lipinski definition) is 0. The lowest BCUT2D eigenvalue weighted by Crippen LogP contribution is -2.32. The van der Waals surface area contributed by atoms with Crippen LogP contribution in [0.1, 0.15) is 71.8 Å². The smallest absolute Gasteiger partial charge is 0.120 e. The summed E-state index contributed by atoms with van der Waals surface area (Å²) in [5.74, 6) is 2.58. The first-order valence-corrected chi connectivity index (χ1v) is 12.4. The van der Waals surface area contributed by atoms with Crippen molar-refractivity contribution in [2.75, 3.05) is 19.7 Å². The molecule has 0 spiro atoms. The van der Waals surface area contributed by atoms with Gasteiger partial charge in [0.15, 0.2) is 0 Å². The minimum Gasteiger partial charge on any atom is -0.490 e. The Hall–Kier alpha value is -1.58. The van der Waals surface area contributed by atoms with Gasteiger partial charge in [-0.2, -0.15) is 0 Å². The lowest BCUT2D eigenvalue weighted by Gasteiger charge is -2.31. The van der Waals surface area contributed by atoms with Gasteiger partial charge in [0.2, 0.25) is 0 Å². The number of hydrogen-bond acceptors (Lipinski definition) is 3. The van der Waals surface area contributed by atoms with E-state index in [0.717, 1.165) is 37.7 Å². The van der Waals surface area contributed by atoms with E-state index in [1.54, 1.807) is 0 Å². The van der Waals surface area contributed by atoms with Crippen molar-refractivity contribution in [3.63, 3.8) is 0 Å². The van der Waals surface area contributed by atoms with Gasteiger partial charge in [0.1, 0.15) is 5.75 Å². The van der Waals surface area contributed by atoms with Crippen LogP contribution in [0.2, 0.25) is 0 Å². The number of rotatable bonds is 6. The third-order valence-corrected chi connectivity index (χ3v) is 7.01. The molecule has 0 atom stereocenters. The molecule has 1 saturated carbocycles. The largest absolute Gasteiger partial charge is 0.490 e. The molecule has 0 unspecified atom stereocenters. The highest BCUT2D eigenvalue weighted by molar-refractivity contribution is 5.84. The van der Waals surface area contributed by atoms with Crippen LogP contribution in [0.5, 0.6) is 5.75 Å². The van der Waals surface area contributed by atoms with Crippen LogP contribution in [0.25, 0.3) is 10.8 Å². The predicted octanol–water partition coefficient (Wildman–Crippen LogP) is 6.82. The van der Waals surface area contributed by atoms with E-state index in [4.69, 9.17) is 9.47 Å². The summed E-state index contributed by atoms with van der Waals surface area (Å²) in [6.45, 7) is 13.2. The van der Waals surface area contributed by atoms with Gasteiger partial charge in [-0.15, -0.1) is 0 Å². The molecule has 2 fully saturated rings.